The number of hydrogen-bond acceptors (Lipinski definition) is 5. The van der Waals surface area contributed by atoms with Crippen molar-refractivity contribution >= 4 is 12.1 Å². The molecule has 154 valence electrons. The number of carbonyl (C=O) groups excluding carboxylic acids is 2. The second-order valence-electron chi connectivity index (χ2n) is 9.56. The summed E-state index contributed by atoms with van der Waals surface area (Å²) in [7, 11) is 0. The van der Waals surface area contributed by atoms with Gasteiger partial charge in [-0.05, 0) is 69.2 Å². The lowest BCUT2D eigenvalue weighted by Gasteiger charge is -2.34. The SMILES string of the molecule is C[C@@H]1[C@H]([C@@H](C)C#CCOC(=O)C(C)(C)C)OC(C)(C)N1C(=O)OC(C)(C)C. The summed E-state index contributed by atoms with van der Waals surface area (Å²) in [6.45, 7) is 18.5. The van der Waals surface area contributed by atoms with E-state index in [4.69, 9.17) is 14.2 Å². The lowest BCUT2D eigenvalue weighted by molar-refractivity contribution is -0.151. The Balaban J connectivity index is 2.78. The molecule has 1 heterocycles. The molecule has 1 saturated heterocycles. The highest BCUT2D eigenvalue weighted by Crippen LogP contribution is 2.36. The van der Waals surface area contributed by atoms with Gasteiger partial charge in [-0.1, -0.05) is 11.8 Å². The van der Waals surface area contributed by atoms with Crippen molar-refractivity contribution in [3.8, 4) is 11.8 Å². The van der Waals surface area contributed by atoms with Crippen molar-refractivity contribution in [1.82, 2.24) is 4.90 Å². The zero-order valence-electron chi connectivity index (χ0n) is 18.4. The summed E-state index contributed by atoms with van der Waals surface area (Å²) in [6, 6.07) is -0.198. The van der Waals surface area contributed by atoms with Gasteiger partial charge in [0.05, 0.1) is 17.6 Å². The number of esters is 1. The van der Waals surface area contributed by atoms with Crippen LogP contribution in [0.2, 0.25) is 0 Å². The second-order valence-corrected chi connectivity index (χ2v) is 9.56. The molecule has 0 spiro atoms. The van der Waals surface area contributed by atoms with E-state index in [9.17, 15) is 9.59 Å². The van der Waals surface area contributed by atoms with Gasteiger partial charge in [-0.15, -0.1) is 0 Å². The minimum Gasteiger partial charge on any atom is -0.452 e. The third-order valence-corrected chi connectivity index (χ3v) is 4.19. The highest BCUT2D eigenvalue weighted by molar-refractivity contribution is 5.75. The number of nitrogens with zero attached hydrogens (tertiary/aromatic N) is 1. The van der Waals surface area contributed by atoms with Gasteiger partial charge in [-0.2, -0.15) is 0 Å². The van der Waals surface area contributed by atoms with E-state index in [1.165, 1.54) is 0 Å². The predicted molar refractivity (Wildman–Crippen MR) is 104 cm³/mol. The van der Waals surface area contributed by atoms with Gasteiger partial charge >= 0.3 is 12.1 Å². The fourth-order valence-electron chi connectivity index (χ4n) is 2.95. The summed E-state index contributed by atoms with van der Waals surface area (Å²) in [5.74, 6) is 5.54. The standard InChI is InChI=1S/C21H35NO5/c1-14(12-11-13-25-17(23)19(3,4)5)16-15(2)22(21(9,10)26-16)18(24)27-20(6,7)8/h14-16H,13H2,1-10H3/t14-,15+,16-/m0/s1. The third-order valence-electron chi connectivity index (χ3n) is 4.19. The number of amides is 1. The minimum atomic E-state index is -0.791. The van der Waals surface area contributed by atoms with Crippen LogP contribution in [0.25, 0.3) is 0 Å². The molecule has 0 aromatic heterocycles. The lowest BCUT2D eigenvalue weighted by atomic mass is 9.97. The van der Waals surface area contributed by atoms with Crippen molar-refractivity contribution < 1.29 is 23.8 Å². The Labute approximate surface area is 163 Å². The first kappa shape index (κ1) is 23.3. The molecule has 1 aliphatic heterocycles. The zero-order chi connectivity index (χ0) is 21.2. The van der Waals surface area contributed by atoms with E-state index < -0.39 is 22.8 Å². The third kappa shape index (κ3) is 6.42. The molecule has 0 saturated carbocycles. The average Bonchev–Trinajstić information content (AvgIpc) is 2.69. The van der Waals surface area contributed by atoms with Crippen LogP contribution < -0.4 is 0 Å². The summed E-state index contributed by atoms with van der Waals surface area (Å²) in [5.41, 5.74) is -1.91. The lowest BCUT2D eigenvalue weighted by Crippen LogP contribution is -2.49. The van der Waals surface area contributed by atoms with E-state index in [-0.39, 0.29) is 30.6 Å². The van der Waals surface area contributed by atoms with Crippen LogP contribution >= 0.6 is 0 Å². The molecule has 6 nitrogen and oxygen atoms in total. The molecule has 1 rings (SSSR count). The highest BCUT2D eigenvalue weighted by Gasteiger charge is 2.50. The number of ether oxygens (including phenoxy) is 3. The molecule has 0 unspecified atom stereocenters. The molecular weight excluding hydrogens is 346 g/mol. The van der Waals surface area contributed by atoms with Gasteiger partial charge < -0.3 is 14.2 Å². The molecule has 0 aromatic rings. The Morgan fingerprint density at radius 3 is 2.22 bits per heavy atom. The summed E-state index contributed by atoms with van der Waals surface area (Å²) < 4.78 is 16.8. The monoisotopic (exact) mass is 381 g/mol. The van der Waals surface area contributed by atoms with Crippen LogP contribution in [0.15, 0.2) is 0 Å². The molecule has 1 aliphatic rings. The van der Waals surface area contributed by atoms with Crippen molar-refractivity contribution in [2.24, 2.45) is 11.3 Å². The van der Waals surface area contributed by atoms with Crippen LogP contribution in [-0.4, -0.2) is 47.0 Å². The first-order valence-corrected chi connectivity index (χ1v) is 9.42. The molecule has 6 heteroatoms. The first-order chi connectivity index (χ1) is 12.1. The highest BCUT2D eigenvalue weighted by atomic mass is 16.6. The molecule has 0 N–H and O–H groups in total. The Hall–Kier alpha value is -1.74. The van der Waals surface area contributed by atoms with Crippen LogP contribution in [-0.2, 0) is 19.0 Å². The molecule has 0 aromatic carbocycles. The fraction of sp³-hybridized carbons (Fsp3) is 0.810. The van der Waals surface area contributed by atoms with Crippen molar-refractivity contribution in [2.75, 3.05) is 6.61 Å². The van der Waals surface area contributed by atoms with Gasteiger partial charge in [0.25, 0.3) is 0 Å². The van der Waals surface area contributed by atoms with Gasteiger partial charge in [0.2, 0.25) is 0 Å². The van der Waals surface area contributed by atoms with E-state index in [1.807, 2.05) is 48.5 Å². The van der Waals surface area contributed by atoms with Crippen molar-refractivity contribution in [3.63, 3.8) is 0 Å². The van der Waals surface area contributed by atoms with Crippen LogP contribution in [0.1, 0.15) is 69.2 Å². The molecule has 0 bridgehead atoms. The van der Waals surface area contributed by atoms with E-state index >= 15 is 0 Å². The fourth-order valence-corrected chi connectivity index (χ4v) is 2.95. The molecule has 0 aliphatic carbocycles. The molecule has 3 atom stereocenters. The van der Waals surface area contributed by atoms with Crippen LogP contribution in [0.3, 0.4) is 0 Å². The van der Waals surface area contributed by atoms with Gasteiger partial charge in [0, 0.05) is 5.92 Å². The molecule has 27 heavy (non-hydrogen) atoms. The minimum absolute atomic E-state index is 0.0424. The largest absolute Gasteiger partial charge is 0.452 e. The van der Waals surface area contributed by atoms with E-state index in [0.29, 0.717) is 0 Å². The predicted octanol–water partition coefficient (Wildman–Crippen LogP) is 3.98. The number of hydrogen-bond donors (Lipinski definition) is 0. The van der Waals surface area contributed by atoms with Gasteiger partial charge in [0.1, 0.15) is 11.3 Å². The maximum absolute atomic E-state index is 12.6. The zero-order valence-corrected chi connectivity index (χ0v) is 18.4. The number of carbonyl (C=O) groups is 2. The van der Waals surface area contributed by atoms with Gasteiger partial charge in [0.15, 0.2) is 6.61 Å². The van der Waals surface area contributed by atoms with Crippen LogP contribution in [0.4, 0.5) is 4.79 Å². The van der Waals surface area contributed by atoms with E-state index in [2.05, 4.69) is 11.8 Å². The van der Waals surface area contributed by atoms with Crippen LogP contribution in [0, 0.1) is 23.2 Å². The molecule has 1 amide bonds. The topological polar surface area (TPSA) is 65.1 Å². The summed E-state index contributed by atoms with van der Waals surface area (Å²) in [5, 5.41) is 0. The van der Waals surface area contributed by atoms with Crippen molar-refractivity contribution in [1.29, 1.82) is 0 Å². The average molecular weight is 382 g/mol. The second kappa shape index (κ2) is 8.10. The number of rotatable bonds is 2. The van der Waals surface area contributed by atoms with Crippen molar-refractivity contribution in [2.45, 2.75) is 92.7 Å². The summed E-state index contributed by atoms with van der Waals surface area (Å²) in [4.78, 5) is 26.0. The first-order valence-electron chi connectivity index (χ1n) is 9.42. The van der Waals surface area contributed by atoms with Crippen LogP contribution in [0.5, 0.6) is 0 Å². The molecular formula is C21H35NO5. The Morgan fingerprint density at radius 1 is 1.19 bits per heavy atom. The Bertz CT molecular complexity index is 615. The summed E-state index contributed by atoms with van der Waals surface area (Å²) in [6.07, 6.45) is -0.667. The maximum Gasteiger partial charge on any atom is 0.412 e. The smallest absolute Gasteiger partial charge is 0.412 e. The van der Waals surface area contributed by atoms with E-state index in [0.717, 1.165) is 0 Å². The Morgan fingerprint density at radius 2 is 1.74 bits per heavy atom. The quantitative estimate of drug-likeness (QED) is 0.535. The molecule has 1 fully saturated rings. The van der Waals surface area contributed by atoms with Gasteiger partial charge in [-0.25, -0.2) is 4.79 Å². The maximum atomic E-state index is 12.6. The summed E-state index contributed by atoms with van der Waals surface area (Å²) >= 11 is 0. The van der Waals surface area contributed by atoms with Crippen molar-refractivity contribution in [3.05, 3.63) is 0 Å². The molecule has 0 radical (unpaired) electrons. The van der Waals surface area contributed by atoms with E-state index in [1.54, 1.807) is 25.7 Å². The van der Waals surface area contributed by atoms with Gasteiger partial charge in [-0.3, -0.25) is 9.69 Å². The Kier molecular flexibility index (Phi) is 6.99. The normalized spacial score (nSPS) is 23.3.